The zero-order chi connectivity index (χ0) is 21.8. The third kappa shape index (κ3) is 4.91. The molecule has 4 rings (SSSR count). The van der Waals surface area contributed by atoms with Crippen LogP contribution in [0, 0.1) is 0 Å². The molecule has 2 fully saturated rings. The van der Waals surface area contributed by atoms with E-state index in [4.69, 9.17) is 11.5 Å². The molecule has 0 amide bonds. The Morgan fingerprint density at radius 2 is 1.00 bits per heavy atom. The van der Waals surface area contributed by atoms with E-state index in [1.165, 1.54) is 38.5 Å². The van der Waals surface area contributed by atoms with E-state index >= 15 is 0 Å². The first kappa shape index (κ1) is 22.2. The van der Waals surface area contributed by atoms with Crippen LogP contribution in [0.25, 0.3) is 0 Å². The quantitative estimate of drug-likeness (QED) is 0.480. The predicted molar refractivity (Wildman–Crippen MR) is 126 cm³/mol. The molecule has 0 unspecified atom stereocenters. The summed E-state index contributed by atoms with van der Waals surface area (Å²) in [5.74, 6) is 1.59. The van der Waals surface area contributed by atoms with Crippen LogP contribution in [0.2, 0.25) is 0 Å². The molecule has 0 saturated heterocycles. The molecule has 0 spiro atoms. The summed E-state index contributed by atoms with van der Waals surface area (Å²) in [6, 6.07) is 8.21. The van der Waals surface area contributed by atoms with Crippen molar-refractivity contribution >= 4 is 0 Å². The van der Waals surface area contributed by atoms with Crippen molar-refractivity contribution in [1.29, 1.82) is 0 Å². The number of benzene rings is 2. The van der Waals surface area contributed by atoms with Gasteiger partial charge in [0.1, 0.15) is 11.5 Å². The zero-order valence-electron chi connectivity index (χ0n) is 18.7. The second kappa shape index (κ2) is 10.1. The summed E-state index contributed by atoms with van der Waals surface area (Å²) in [5.41, 5.74) is 17.9. The van der Waals surface area contributed by atoms with Crippen molar-refractivity contribution < 1.29 is 10.2 Å². The molecule has 4 nitrogen and oxygen atoms in total. The van der Waals surface area contributed by atoms with Gasteiger partial charge in [0.2, 0.25) is 0 Å². The lowest BCUT2D eigenvalue weighted by atomic mass is 9.80. The lowest BCUT2D eigenvalue weighted by Crippen LogP contribution is -2.10. The smallest absolute Gasteiger partial charge is 0.122 e. The molecule has 0 atom stereocenters. The normalized spacial score (nSPS) is 18.4. The van der Waals surface area contributed by atoms with Gasteiger partial charge in [-0.3, -0.25) is 0 Å². The first-order valence-electron chi connectivity index (χ1n) is 12.2. The van der Waals surface area contributed by atoms with E-state index < -0.39 is 0 Å². The van der Waals surface area contributed by atoms with Gasteiger partial charge in [0.25, 0.3) is 0 Å². The number of aromatic hydroxyl groups is 2. The highest BCUT2D eigenvalue weighted by Crippen LogP contribution is 2.43. The van der Waals surface area contributed by atoms with Gasteiger partial charge < -0.3 is 21.7 Å². The van der Waals surface area contributed by atoms with Gasteiger partial charge in [-0.05, 0) is 70.9 Å². The summed E-state index contributed by atoms with van der Waals surface area (Å²) >= 11 is 0. The van der Waals surface area contributed by atoms with Gasteiger partial charge in [0, 0.05) is 19.5 Å². The number of nitrogens with two attached hydrogens (primary N) is 2. The van der Waals surface area contributed by atoms with E-state index in [0.29, 0.717) is 42.8 Å². The van der Waals surface area contributed by atoms with Crippen molar-refractivity contribution in [3.8, 4) is 11.5 Å². The summed E-state index contributed by atoms with van der Waals surface area (Å²) in [6.07, 6.45) is 12.4. The maximum absolute atomic E-state index is 11.2. The molecule has 2 aliphatic carbocycles. The van der Waals surface area contributed by atoms with Crippen molar-refractivity contribution in [2.45, 2.75) is 95.6 Å². The number of hydrogen-bond acceptors (Lipinski definition) is 4. The first-order chi connectivity index (χ1) is 15.1. The van der Waals surface area contributed by atoms with Gasteiger partial charge in [-0.25, -0.2) is 0 Å². The Bertz CT molecular complexity index is 823. The molecule has 4 heteroatoms. The van der Waals surface area contributed by atoms with Crippen LogP contribution in [-0.2, 0) is 19.5 Å². The highest BCUT2D eigenvalue weighted by Gasteiger charge is 2.24. The van der Waals surface area contributed by atoms with E-state index in [2.05, 4.69) is 12.1 Å². The molecule has 2 aliphatic rings. The molecule has 0 heterocycles. The third-order valence-electron chi connectivity index (χ3n) is 7.50. The van der Waals surface area contributed by atoms with Crippen molar-refractivity contribution in [2.75, 3.05) is 0 Å². The molecule has 0 aromatic heterocycles. The molecule has 6 N–H and O–H groups in total. The number of phenolic OH excluding ortho intramolecular Hbond substituents is 2. The predicted octanol–water partition coefficient (Wildman–Crippen LogP) is 5.70. The molecule has 2 aromatic rings. The Balaban J connectivity index is 1.71. The van der Waals surface area contributed by atoms with E-state index in [0.717, 1.165) is 59.1 Å². The average Bonchev–Trinajstić information content (AvgIpc) is 2.82. The van der Waals surface area contributed by atoms with Crippen LogP contribution in [0.5, 0.6) is 11.5 Å². The summed E-state index contributed by atoms with van der Waals surface area (Å²) < 4.78 is 0. The van der Waals surface area contributed by atoms with Crippen LogP contribution in [0.3, 0.4) is 0 Å². The highest BCUT2D eigenvalue weighted by atomic mass is 16.3. The van der Waals surface area contributed by atoms with Crippen molar-refractivity contribution in [2.24, 2.45) is 11.5 Å². The van der Waals surface area contributed by atoms with Crippen LogP contribution < -0.4 is 11.5 Å². The van der Waals surface area contributed by atoms with Crippen molar-refractivity contribution in [3.05, 3.63) is 57.6 Å². The molecule has 168 valence electrons. The largest absolute Gasteiger partial charge is 0.507 e. The summed E-state index contributed by atoms with van der Waals surface area (Å²) in [7, 11) is 0. The molecular formula is C27H38N2O2. The maximum Gasteiger partial charge on any atom is 0.122 e. The Morgan fingerprint density at radius 3 is 1.35 bits per heavy atom. The summed E-state index contributed by atoms with van der Waals surface area (Å²) in [6.45, 7) is 0.907. The number of hydrogen-bond donors (Lipinski definition) is 4. The van der Waals surface area contributed by atoms with Crippen molar-refractivity contribution in [1.82, 2.24) is 0 Å². The van der Waals surface area contributed by atoms with Gasteiger partial charge in [-0.15, -0.1) is 0 Å². The first-order valence-corrected chi connectivity index (χ1v) is 12.2. The highest BCUT2D eigenvalue weighted by molar-refractivity contribution is 5.52. The third-order valence-corrected chi connectivity index (χ3v) is 7.50. The molecular weight excluding hydrogens is 384 g/mol. The fourth-order valence-corrected chi connectivity index (χ4v) is 5.73. The molecule has 2 saturated carbocycles. The molecule has 0 radical (unpaired) electrons. The van der Waals surface area contributed by atoms with Crippen LogP contribution in [0.15, 0.2) is 24.3 Å². The molecule has 0 aliphatic heterocycles. The summed E-state index contributed by atoms with van der Waals surface area (Å²) in [4.78, 5) is 0. The van der Waals surface area contributed by atoms with E-state index in [1.807, 2.05) is 12.1 Å². The zero-order valence-corrected chi connectivity index (χ0v) is 18.7. The minimum Gasteiger partial charge on any atom is -0.507 e. The number of rotatable bonds is 6. The molecule has 0 bridgehead atoms. The van der Waals surface area contributed by atoms with Gasteiger partial charge in [0.15, 0.2) is 0 Å². The SMILES string of the molecule is NCc1cc(Cc2cc(CN)cc(C3CCCCC3)c2O)c(O)c(C2CCCCC2)c1. The van der Waals surface area contributed by atoms with Gasteiger partial charge >= 0.3 is 0 Å². The van der Waals surface area contributed by atoms with E-state index in [1.54, 1.807) is 0 Å². The summed E-state index contributed by atoms with van der Waals surface area (Å²) in [5, 5.41) is 22.4. The fraction of sp³-hybridized carbons (Fsp3) is 0.556. The van der Waals surface area contributed by atoms with Crippen LogP contribution in [-0.4, -0.2) is 10.2 Å². The Kier molecular flexibility index (Phi) is 7.19. The van der Waals surface area contributed by atoms with Crippen LogP contribution in [0.1, 0.15) is 109 Å². The van der Waals surface area contributed by atoms with Gasteiger partial charge in [0.05, 0.1) is 0 Å². The lowest BCUT2D eigenvalue weighted by molar-refractivity contribution is 0.408. The number of phenols is 2. The van der Waals surface area contributed by atoms with E-state index in [9.17, 15) is 10.2 Å². The lowest BCUT2D eigenvalue weighted by Gasteiger charge is -2.26. The second-order valence-corrected chi connectivity index (χ2v) is 9.64. The maximum atomic E-state index is 11.2. The Labute approximate surface area is 186 Å². The van der Waals surface area contributed by atoms with Crippen LogP contribution >= 0.6 is 0 Å². The molecule has 2 aromatic carbocycles. The molecule has 31 heavy (non-hydrogen) atoms. The van der Waals surface area contributed by atoms with Crippen LogP contribution in [0.4, 0.5) is 0 Å². The van der Waals surface area contributed by atoms with Gasteiger partial charge in [-0.2, -0.15) is 0 Å². The van der Waals surface area contributed by atoms with Gasteiger partial charge in [-0.1, -0.05) is 62.8 Å². The Morgan fingerprint density at radius 1 is 0.613 bits per heavy atom. The topological polar surface area (TPSA) is 92.5 Å². The monoisotopic (exact) mass is 422 g/mol. The fourth-order valence-electron chi connectivity index (χ4n) is 5.73. The van der Waals surface area contributed by atoms with Crippen molar-refractivity contribution in [3.63, 3.8) is 0 Å². The standard InChI is InChI=1S/C27H38N2O2/c28-16-18-11-22(26(30)24(13-18)20-7-3-1-4-8-20)15-23-12-19(17-29)14-25(27(23)31)21-9-5-2-6-10-21/h11-14,20-21,30-31H,1-10,15-17,28-29H2. The minimum atomic E-state index is 0.390. The minimum absolute atomic E-state index is 0.390. The second-order valence-electron chi connectivity index (χ2n) is 9.64. The van der Waals surface area contributed by atoms with E-state index in [-0.39, 0.29) is 0 Å². The average molecular weight is 423 g/mol. The Hall–Kier alpha value is -2.04.